The van der Waals surface area contributed by atoms with Gasteiger partial charge in [-0.25, -0.2) is 4.79 Å². The number of carboxylic acid groups (broad SMARTS) is 1. The molecule has 0 amide bonds. The van der Waals surface area contributed by atoms with E-state index in [1.54, 1.807) is 0 Å². The van der Waals surface area contributed by atoms with Gasteiger partial charge in [0.2, 0.25) is 0 Å². The van der Waals surface area contributed by atoms with E-state index in [4.69, 9.17) is 23.7 Å². The third-order valence-corrected chi connectivity index (χ3v) is 12.5. The molecule has 77 heavy (non-hydrogen) atoms. The van der Waals surface area contributed by atoms with Crippen LogP contribution in [-0.4, -0.2) is 89.2 Å². The zero-order valence-electron chi connectivity index (χ0n) is 47.7. The van der Waals surface area contributed by atoms with Crippen LogP contribution in [0.2, 0.25) is 0 Å². The van der Waals surface area contributed by atoms with Crippen LogP contribution in [0.1, 0.15) is 213 Å². The maximum absolute atomic E-state index is 13.1. The summed E-state index contributed by atoms with van der Waals surface area (Å²) in [6, 6.07) is 0. The van der Waals surface area contributed by atoms with Gasteiger partial charge in [-0.2, -0.15) is 0 Å². The highest BCUT2D eigenvalue weighted by molar-refractivity contribution is 5.74. The molecule has 1 rings (SSSR count). The number of hydrogen-bond donors (Lipinski definition) is 3. The molecule has 12 nitrogen and oxygen atoms in total. The van der Waals surface area contributed by atoms with Crippen molar-refractivity contribution in [2.45, 2.75) is 250 Å². The highest BCUT2D eigenvalue weighted by atomic mass is 16.7. The number of rotatable bonds is 48. The second kappa shape index (κ2) is 51.9. The topological polar surface area (TPSA) is 175 Å². The van der Waals surface area contributed by atoms with Gasteiger partial charge in [0.25, 0.3) is 0 Å². The minimum absolute atomic E-state index is 0.0317. The van der Waals surface area contributed by atoms with Crippen molar-refractivity contribution >= 4 is 23.9 Å². The molecule has 0 aromatic carbocycles. The summed E-state index contributed by atoms with van der Waals surface area (Å²) >= 11 is 0. The maximum Gasteiger partial charge on any atom is 0.335 e. The molecule has 0 bridgehead atoms. The Bertz CT molecular complexity index is 1800. The average Bonchev–Trinajstić information content (AvgIpc) is 3.42. The second-order valence-corrected chi connectivity index (χ2v) is 19.5. The van der Waals surface area contributed by atoms with E-state index in [0.29, 0.717) is 19.3 Å². The van der Waals surface area contributed by atoms with E-state index >= 15 is 0 Å². The lowest BCUT2D eigenvalue weighted by Crippen LogP contribution is -2.61. The number of carbonyl (C=O) groups excluding carboxylic acids is 3. The summed E-state index contributed by atoms with van der Waals surface area (Å²) < 4.78 is 28.3. The Morgan fingerprint density at radius 2 is 0.844 bits per heavy atom. The lowest BCUT2D eigenvalue weighted by molar-refractivity contribution is -0.301. The predicted molar refractivity (Wildman–Crippen MR) is 312 cm³/mol. The molecule has 0 radical (unpaired) electrons. The van der Waals surface area contributed by atoms with E-state index in [1.165, 1.54) is 25.7 Å². The predicted octanol–water partition coefficient (Wildman–Crippen LogP) is 15.2. The molecule has 1 aliphatic heterocycles. The number of ether oxygens (including phenoxy) is 5. The molecule has 1 heterocycles. The Kier molecular flexibility index (Phi) is 47.2. The Hall–Kier alpha value is -4.88. The number of esters is 3. The summed E-state index contributed by atoms with van der Waals surface area (Å²) in [6.45, 7) is 5.65. The molecular formula is C65H102O12. The van der Waals surface area contributed by atoms with Gasteiger partial charge in [-0.05, 0) is 96.3 Å². The average molecular weight is 1080 g/mol. The first-order valence-corrected chi connectivity index (χ1v) is 29.5. The number of hydrogen-bond acceptors (Lipinski definition) is 11. The van der Waals surface area contributed by atoms with Crippen LogP contribution in [0.15, 0.2) is 122 Å². The summed E-state index contributed by atoms with van der Waals surface area (Å²) in [5.41, 5.74) is 0. The molecule has 1 aliphatic rings. The quantitative estimate of drug-likeness (QED) is 0.0228. The van der Waals surface area contributed by atoms with Gasteiger partial charge in [-0.3, -0.25) is 14.4 Å². The summed E-state index contributed by atoms with van der Waals surface area (Å²) in [6.07, 6.45) is 59.0. The number of allylic oxidation sites excluding steroid dienone is 20. The third kappa shape index (κ3) is 41.8. The molecule has 6 unspecified atom stereocenters. The van der Waals surface area contributed by atoms with E-state index in [-0.39, 0.29) is 25.9 Å². The van der Waals surface area contributed by atoms with Crippen molar-refractivity contribution in [3.8, 4) is 0 Å². The smallest absolute Gasteiger partial charge is 0.335 e. The molecule has 0 spiro atoms. The number of aliphatic hydroxyl groups is 2. The molecule has 0 aromatic rings. The summed E-state index contributed by atoms with van der Waals surface area (Å²) in [7, 11) is 0. The normalized spacial score (nSPS) is 18.9. The number of unbranched alkanes of at least 4 members (excludes halogenated alkanes) is 14. The van der Waals surface area contributed by atoms with Gasteiger partial charge in [0.1, 0.15) is 18.8 Å². The van der Waals surface area contributed by atoms with Gasteiger partial charge in [0.05, 0.1) is 6.61 Å². The first-order valence-electron chi connectivity index (χ1n) is 29.5. The van der Waals surface area contributed by atoms with Gasteiger partial charge in [0, 0.05) is 19.3 Å². The summed E-state index contributed by atoms with van der Waals surface area (Å²) in [4.78, 5) is 51.0. The van der Waals surface area contributed by atoms with Gasteiger partial charge in [-0.1, -0.05) is 219 Å². The number of aliphatic carboxylic acids is 1. The number of carbonyl (C=O) groups is 4. The van der Waals surface area contributed by atoms with E-state index in [0.717, 1.165) is 128 Å². The lowest BCUT2D eigenvalue weighted by Gasteiger charge is -2.40. The standard InChI is InChI=1S/C65H102O12/c1-4-7-10-13-16-19-21-23-25-27-29-31-33-35-37-40-42-45-48-51-57(66)73-54-56(75-58(67)52-49-46-43-39-18-15-12-9-6-3)55-74-65-63(61(70)60(69)62(77-65)64(71)72)76-59(68)53-50-47-44-41-38-36-34-32-30-28-26-24-22-20-17-14-11-8-5-2/h7-8,10-11,16-17,19-20,23-26,29-32,35,37,42,45,56,60-63,65,69-70H,4-6,9,12-15,18,21-22,27-28,33-34,36,38-41,43-44,46-55H2,1-3H3,(H,71,72)/b10-7-,11-8-,19-16-,20-17-,25-23-,26-24-,31-29-,32-30-,37-35-,45-42-. The Balaban J connectivity index is 2.69. The van der Waals surface area contributed by atoms with Gasteiger partial charge in [-0.15, -0.1) is 0 Å². The molecule has 0 aliphatic carbocycles. The van der Waals surface area contributed by atoms with E-state index in [9.17, 15) is 34.5 Å². The van der Waals surface area contributed by atoms with Crippen molar-refractivity contribution in [3.05, 3.63) is 122 Å². The fourth-order valence-electron chi connectivity index (χ4n) is 8.09. The fourth-order valence-corrected chi connectivity index (χ4v) is 8.09. The highest BCUT2D eigenvalue weighted by Crippen LogP contribution is 2.26. The van der Waals surface area contributed by atoms with Crippen molar-refractivity contribution in [2.75, 3.05) is 13.2 Å². The van der Waals surface area contributed by atoms with Crippen LogP contribution >= 0.6 is 0 Å². The SMILES string of the molecule is CC/C=C\C/C=C\C/C=C\C/C=C\C/C=C\C/C=C\CCC(=O)OCC(COC1OC(C(=O)O)C(O)C(O)C1OC(=O)CCCCCCCC/C=C\C/C=C\C/C=C\C/C=C\CC)OC(=O)CCCCCCCCCCC. The van der Waals surface area contributed by atoms with Crippen molar-refractivity contribution in [2.24, 2.45) is 0 Å². The van der Waals surface area contributed by atoms with Crippen LogP contribution in [0, 0.1) is 0 Å². The minimum Gasteiger partial charge on any atom is -0.479 e. The first kappa shape index (κ1) is 70.1. The number of carboxylic acids is 1. The summed E-state index contributed by atoms with van der Waals surface area (Å²) in [5.74, 6) is -3.26. The van der Waals surface area contributed by atoms with Gasteiger partial charge in [0.15, 0.2) is 24.6 Å². The highest BCUT2D eigenvalue weighted by Gasteiger charge is 2.50. The van der Waals surface area contributed by atoms with Crippen molar-refractivity contribution in [3.63, 3.8) is 0 Å². The third-order valence-electron chi connectivity index (χ3n) is 12.5. The largest absolute Gasteiger partial charge is 0.479 e. The molecule has 434 valence electrons. The molecule has 0 saturated carbocycles. The lowest BCUT2D eigenvalue weighted by atomic mass is 9.98. The van der Waals surface area contributed by atoms with E-state index in [2.05, 4.69) is 130 Å². The van der Waals surface area contributed by atoms with Crippen LogP contribution in [0.5, 0.6) is 0 Å². The molecule has 1 fully saturated rings. The van der Waals surface area contributed by atoms with Crippen LogP contribution in [0.25, 0.3) is 0 Å². The Labute approximate surface area is 465 Å². The van der Waals surface area contributed by atoms with E-state index < -0.39 is 67.3 Å². The van der Waals surface area contributed by atoms with Crippen LogP contribution in [0.4, 0.5) is 0 Å². The monoisotopic (exact) mass is 1070 g/mol. The molecule has 6 atom stereocenters. The molecule has 3 N–H and O–H groups in total. The van der Waals surface area contributed by atoms with Crippen LogP contribution in [-0.2, 0) is 42.9 Å². The van der Waals surface area contributed by atoms with E-state index in [1.807, 2.05) is 12.2 Å². The minimum atomic E-state index is -1.92. The van der Waals surface area contributed by atoms with Crippen LogP contribution < -0.4 is 0 Å². The first-order chi connectivity index (χ1) is 37.6. The molecular weight excluding hydrogens is 973 g/mol. The van der Waals surface area contributed by atoms with Crippen molar-refractivity contribution in [1.29, 1.82) is 0 Å². The fraction of sp³-hybridized carbons (Fsp3) is 0.631. The number of aliphatic hydroxyl groups excluding tert-OH is 2. The maximum atomic E-state index is 13.1. The second-order valence-electron chi connectivity index (χ2n) is 19.5. The zero-order valence-corrected chi connectivity index (χ0v) is 47.7. The Morgan fingerprint density at radius 1 is 0.442 bits per heavy atom. The molecule has 1 saturated heterocycles. The van der Waals surface area contributed by atoms with Gasteiger partial charge < -0.3 is 39.0 Å². The van der Waals surface area contributed by atoms with Crippen molar-refractivity contribution in [1.82, 2.24) is 0 Å². The molecule has 12 heteroatoms. The van der Waals surface area contributed by atoms with Crippen LogP contribution in [0.3, 0.4) is 0 Å². The Morgan fingerprint density at radius 3 is 1.30 bits per heavy atom. The molecule has 0 aromatic heterocycles. The van der Waals surface area contributed by atoms with Crippen molar-refractivity contribution < 1.29 is 58.2 Å². The summed E-state index contributed by atoms with van der Waals surface area (Å²) in [5, 5.41) is 31.5. The zero-order chi connectivity index (χ0) is 56.1. The van der Waals surface area contributed by atoms with Gasteiger partial charge >= 0.3 is 23.9 Å².